The van der Waals surface area contributed by atoms with E-state index in [0.29, 0.717) is 15.9 Å². The predicted molar refractivity (Wildman–Crippen MR) is 130 cm³/mol. The molecule has 7 heteroatoms. The van der Waals surface area contributed by atoms with E-state index in [1.54, 1.807) is 14.2 Å². The molecule has 4 rings (SSSR count). The van der Waals surface area contributed by atoms with E-state index in [1.807, 2.05) is 48.5 Å². The first-order chi connectivity index (χ1) is 15.6. The van der Waals surface area contributed by atoms with Crippen LogP contribution in [0, 0.1) is 0 Å². The molecule has 3 aromatic rings. The molecule has 0 bridgehead atoms. The van der Waals surface area contributed by atoms with E-state index < -0.39 is 0 Å². The first-order valence-corrected chi connectivity index (χ1v) is 11.4. The van der Waals surface area contributed by atoms with E-state index in [0.717, 1.165) is 61.8 Å². The van der Waals surface area contributed by atoms with Gasteiger partial charge in [0.05, 0.1) is 30.0 Å². The Morgan fingerprint density at radius 2 is 1.56 bits per heavy atom. The Morgan fingerprint density at radius 3 is 2.25 bits per heavy atom. The standard InChI is InChI=1S/C25H27Cl2N3O2/c1-31-21-5-3-4-19(15-21)24-9-7-20(25(28-24)32-2)17-30-12-10-29(11-13-30)16-18-6-8-22(26)23(27)14-18/h3-9,14-15H,10-13,16-17H2,1-2H3. The monoisotopic (exact) mass is 471 g/mol. The van der Waals surface area contributed by atoms with Crippen LogP contribution >= 0.6 is 23.2 Å². The molecule has 0 radical (unpaired) electrons. The average Bonchev–Trinajstić information content (AvgIpc) is 2.83. The molecule has 0 atom stereocenters. The van der Waals surface area contributed by atoms with Gasteiger partial charge in [-0.05, 0) is 35.9 Å². The highest BCUT2D eigenvalue weighted by Crippen LogP contribution is 2.27. The van der Waals surface area contributed by atoms with E-state index in [1.165, 1.54) is 5.56 Å². The Labute approximate surface area is 199 Å². The van der Waals surface area contributed by atoms with Gasteiger partial charge < -0.3 is 9.47 Å². The van der Waals surface area contributed by atoms with Gasteiger partial charge in [-0.3, -0.25) is 9.80 Å². The van der Waals surface area contributed by atoms with Crippen molar-refractivity contribution in [3.63, 3.8) is 0 Å². The molecule has 5 nitrogen and oxygen atoms in total. The lowest BCUT2D eigenvalue weighted by molar-refractivity contribution is 0.121. The number of piperazine rings is 1. The fourth-order valence-corrected chi connectivity index (χ4v) is 4.27. The number of ether oxygens (including phenoxy) is 2. The van der Waals surface area contributed by atoms with Gasteiger partial charge in [0, 0.05) is 50.4 Å². The number of nitrogens with zero attached hydrogens (tertiary/aromatic N) is 3. The fraction of sp³-hybridized carbons (Fsp3) is 0.320. The average molecular weight is 472 g/mol. The molecule has 0 unspecified atom stereocenters. The minimum absolute atomic E-state index is 0.597. The normalized spacial score (nSPS) is 15.0. The molecule has 1 aromatic heterocycles. The van der Waals surface area contributed by atoms with Crippen molar-refractivity contribution < 1.29 is 9.47 Å². The lowest BCUT2D eigenvalue weighted by Crippen LogP contribution is -2.45. The molecule has 2 aromatic carbocycles. The van der Waals surface area contributed by atoms with Gasteiger partial charge in [0.25, 0.3) is 0 Å². The molecule has 168 valence electrons. The zero-order valence-corrected chi connectivity index (χ0v) is 19.9. The van der Waals surface area contributed by atoms with Crippen LogP contribution in [0.15, 0.2) is 54.6 Å². The van der Waals surface area contributed by atoms with Crippen molar-refractivity contribution in [2.45, 2.75) is 13.1 Å². The summed E-state index contributed by atoms with van der Waals surface area (Å²) >= 11 is 12.2. The summed E-state index contributed by atoms with van der Waals surface area (Å²) in [6.07, 6.45) is 0. The van der Waals surface area contributed by atoms with E-state index >= 15 is 0 Å². The molecule has 2 heterocycles. The Bertz CT molecular complexity index is 1070. The van der Waals surface area contributed by atoms with Gasteiger partial charge >= 0.3 is 0 Å². The van der Waals surface area contributed by atoms with Gasteiger partial charge in [0.15, 0.2) is 0 Å². The molecule has 1 saturated heterocycles. The Kier molecular flexibility index (Phi) is 7.53. The van der Waals surface area contributed by atoms with Gasteiger partial charge in [-0.1, -0.05) is 47.5 Å². The highest BCUT2D eigenvalue weighted by atomic mass is 35.5. The second-order valence-electron chi connectivity index (χ2n) is 7.90. The molecule has 0 amide bonds. The maximum absolute atomic E-state index is 6.16. The minimum atomic E-state index is 0.597. The van der Waals surface area contributed by atoms with E-state index in [2.05, 4.69) is 15.9 Å². The number of halogens is 2. The second-order valence-corrected chi connectivity index (χ2v) is 8.71. The second kappa shape index (κ2) is 10.5. The van der Waals surface area contributed by atoms with Gasteiger partial charge in [-0.25, -0.2) is 4.98 Å². The third kappa shape index (κ3) is 5.54. The van der Waals surface area contributed by atoms with Crippen LogP contribution in [0.5, 0.6) is 11.6 Å². The maximum Gasteiger partial charge on any atom is 0.218 e. The van der Waals surface area contributed by atoms with Crippen LogP contribution in [0.2, 0.25) is 10.0 Å². The van der Waals surface area contributed by atoms with E-state index in [4.69, 9.17) is 37.7 Å². The van der Waals surface area contributed by atoms with Crippen molar-refractivity contribution in [1.82, 2.24) is 14.8 Å². The summed E-state index contributed by atoms with van der Waals surface area (Å²) in [5.74, 6) is 1.48. The summed E-state index contributed by atoms with van der Waals surface area (Å²) < 4.78 is 11.0. The van der Waals surface area contributed by atoms with Crippen LogP contribution in [0.4, 0.5) is 0 Å². The molecule has 0 N–H and O–H groups in total. The van der Waals surface area contributed by atoms with Crippen molar-refractivity contribution in [3.8, 4) is 22.9 Å². The Hall–Kier alpha value is -2.31. The Morgan fingerprint density at radius 1 is 0.812 bits per heavy atom. The van der Waals surface area contributed by atoms with Gasteiger partial charge in [0.2, 0.25) is 5.88 Å². The summed E-state index contributed by atoms with van der Waals surface area (Å²) in [5.41, 5.74) is 4.16. The smallest absolute Gasteiger partial charge is 0.218 e. The van der Waals surface area contributed by atoms with Crippen LogP contribution in [0.25, 0.3) is 11.3 Å². The zero-order valence-electron chi connectivity index (χ0n) is 18.4. The lowest BCUT2D eigenvalue weighted by Gasteiger charge is -2.35. The summed E-state index contributed by atoms with van der Waals surface area (Å²) in [6, 6.07) is 17.9. The summed E-state index contributed by atoms with van der Waals surface area (Å²) in [4.78, 5) is 9.63. The number of hydrogen-bond donors (Lipinski definition) is 0. The highest BCUT2D eigenvalue weighted by molar-refractivity contribution is 6.42. The fourth-order valence-electron chi connectivity index (χ4n) is 3.95. The maximum atomic E-state index is 6.16. The quantitative estimate of drug-likeness (QED) is 0.461. The molecule has 1 fully saturated rings. The predicted octanol–water partition coefficient (Wildman–Crippen LogP) is 5.39. The van der Waals surface area contributed by atoms with Crippen molar-refractivity contribution in [2.24, 2.45) is 0 Å². The first kappa shape index (κ1) is 22.9. The van der Waals surface area contributed by atoms with Crippen LogP contribution < -0.4 is 9.47 Å². The van der Waals surface area contributed by atoms with Crippen molar-refractivity contribution in [3.05, 3.63) is 75.8 Å². The summed E-state index contributed by atoms with van der Waals surface area (Å²) in [7, 11) is 3.34. The molecular weight excluding hydrogens is 445 g/mol. The largest absolute Gasteiger partial charge is 0.497 e. The molecule has 0 aliphatic carbocycles. The number of pyridine rings is 1. The summed E-state index contributed by atoms with van der Waals surface area (Å²) in [6.45, 7) is 5.67. The van der Waals surface area contributed by atoms with Crippen molar-refractivity contribution >= 4 is 23.2 Å². The van der Waals surface area contributed by atoms with Crippen LogP contribution in [0.1, 0.15) is 11.1 Å². The number of aromatic nitrogens is 1. The third-order valence-corrected chi connectivity index (χ3v) is 6.49. The molecule has 0 saturated carbocycles. The molecular formula is C25H27Cl2N3O2. The molecule has 1 aliphatic rings. The lowest BCUT2D eigenvalue weighted by atomic mass is 10.1. The van der Waals surface area contributed by atoms with Crippen LogP contribution in [0.3, 0.4) is 0 Å². The van der Waals surface area contributed by atoms with Crippen LogP contribution in [-0.4, -0.2) is 55.2 Å². The van der Waals surface area contributed by atoms with Gasteiger partial charge in [-0.15, -0.1) is 0 Å². The SMILES string of the molecule is COc1cccc(-c2ccc(CN3CCN(Cc4ccc(Cl)c(Cl)c4)CC3)c(OC)n2)c1. The van der Waals surface area contributed by atoms with Crippen molar-refractivity contribution in [2.75, 3.05) is 40.4 Å². The third-order valence-electron chi connectivity index (χ3n) is 5.75. The highest BCUT2D eigenvalue weighted by Gasteiger charge is 2.19. The number of benzene rings is 2. The van der Waals surface area contributed by atoms with Gasteiger partial charge in [0.1, 0.15) is 5.75 Å². The molecule has 1 aliphatic heterocycles. The van der Waals surface area contributed by atoms with Crippen molar-refractivity contribution in [1.29, 1.82) is 0 Å². The molecule has 0 spiro atoms. The van der Waals surface area contributed by atoms with E-state index in [-0.39, 0.29) is 0 Å². The number of hydrogen-bond acceptors (Lipinski definition) is 5. The molecule has 32 heavy (non-hydrogen) atoms. The van der Waals surface area contributed by atoms with Crippen LogP contribution in [-0.2, 0) is 13.1 Å². The van der Waals surface area contributed by atoms with Gasteiger partial charge in [-0.2, -0.15) is 0 Å². The number of rotatable bonds is 7. The van der Waals surface area contributed by atoms with E-state index in [9.17, 15) is 0 Å². The Balaban J connectivity index is 1.37. The first-order valence-electron chi connectivity index (χ1n) is 10.6. The zero-order chi connectivity index (χ0) is 22.5. The topological polar surface area (TPSA) is 37.8 Å². The number of methoxy groups -OCH3 is 2. The summed E-state index contributed by atoms with van der Waals surface area (Å²) in [5, 5.41) is 1.21. The minimum Gasteiger partial charge on any atom is -0.497 e.